The number of pyridine rings is 1. The molecular weight excluding hydrogens is 307 g/mol. The van der Waals surface area contributed by atoms with Gasteiger partial charge < -0.3 is 19.8 Å². The molecule has 2 heterocycles. The number of piperidine rings is 1. The summed E-state index contributed by atoms with van der Waals surface area (Å²) in [6.07, 6.45) is -3.99. The molecule has 0 radical (unpaired) electrons. The van der Waals surface area contributed by atoms with E-state index in [1.54, 1.807) is 0 Å². The van der Waals surface area contributed by atoms with E-state index in [1.807, 2.05) is 0 Å². The molecule has 1 aromatic heterocycles. The largest absolute Gasteiger partial charge is 0.472 e. The number of hydrogen-bond donors (Lipinski definition) is 0. The summed E-state index contributed by atoms with van der Waals surface area (Å²) >= 11 is 0. The van der Waals surface area contributed by atoms with E-state index in [9.17, 15) is 28.1 Å². The van der Waals surface area contributed by atoms with Crippen LogP contribution in [0.25, 0.3) is 0 Å². The molecule has 7 nitrogen and oxygen atoms in total. The van der Waals surface area contributed by atoms with Crippen LogP contribution in [0.2, 0.25) is 0 Å². The maximum Gasteiger partial charge on any atom is 0.406 e. The number of alkyl halides is 3. The molecule has 1 saturated heterocycles. The van der Waals surface area contributed by atoms with E-state index in [0.29, 0.717) is 11.3 Å². The van der Waals surface area contributed by atoms with Crippen LogP contribution < -0.4 is 4.74 Å². The summed E-state index contributed by atoms with van der Waals surface area (Å²) in [4.78, 5) is 26.2. The van der Waals surface area contributed by atoms with Gasteiger partial charge in [-0.2, -0.15) is 13.2 Å². The first kappa shape index (κ1) is 16.0. The normalized spacial score (nSPS) is 19.1. The molecule has 1 atom stereocenters. The average Bonchev–Trinajstić information content (AvgIpc) is 2.42. The van der Waals surface area contributed by atoms with Crippen molar-refractivity contribution < 1.29 is 27.6 Å². The van der Waals surface area contributed by atoms with Crippen LogP contribution in [0.4, 0.5) is 19.0 Å². The minimum Gasteiger partial charge on any atom is -0.472 e. The van der Waals surface area contributed by atoms with Gasteiger partial charge in [0.05, 0.1) is 0 Å². The number of amides is 1. The summed E-state index contributed by atoms with van der Waals surface area (Å²) in [6, 6.07) is 2.63. The monoisotopic (exact) mass is 319 g/mol. The first-order valence-corrected chi connectivity index (χ1v) is 6.39. The number of aromatic nitrogens is 1. The minimum absolute atomic E-state index is 0.0205. The highest BCUT2D eigenvalue weighted by Gasteiger charge is 2.38. The molecule has 22 heavy (non-hydrogen) atoms. The minimum atomic E-state index is -4.50. The van der Waals surface area contributed by atoms with Crippen LogP contribution in [0.1, 0.15) is 12.8 Å². The number of nitrogens with zero attached hydrogens (tertiary/aromatic N) is 3. The molecule has 2 rings (SSSR count). The van der Waals surface area contributed by atoms with E-state index in [1.165, 1.54) is 18.3 Å². The predicted octanol–water partition coefficient (Wildman–Crippen LogP) is 1.92. The van der Waals surface area contributed by atoms with E-state index >= 15 is 0 Å². The van der Waals surface area contributed by atoms with Gasteiger partial charge in [-0.05, 0) is 34.9 Å². The zero-order valence-corrected chi connectivity index (χ0v) is 11.2. The maximum atomic E-state index is 12.4. The van der Waals surface area contributed by atoms with Gasteiger partial charge in [0.15, 0.2) is 6.10 Å². The molecule has 0 aliphatic carbocycles. The number of ether oxygens (including phenoxy) is 1. The Labute approximate surface area is 122 Å². The molecule has 1 aliphatic heterocycles. The lowest BCUT2D eigenvalue weighted by molar-refractivity contribution is -0.390. The second-order valence-corrected chi connectivity index (χ2v) is 4.71. The van der Waals surface area contributed by atoms with Gasteiger partial charge in [-0.25, -0.2) is 0 Å². The van der Waals surface area contributed by atoms with Crippen molar-refractivity contribution in [1.82, 2.24) is 9.88 Å². The molecule has 0 bridgehead atoms. The van der Waals surface area contributed by atoms with Gasteiger partial charge in [0, 0.05) is 6.54 Å². The summed E-state index contributed by atoms with van der Waals surface area (Å²) in [5.41, 5.74) is 0. The molecular formula is C12H12F3N3O4. The number of carbonyl (C=O) groups excluding carboxylic acids is 1. The van der Waals surface area contributed by atoms with Crippen molar-refractivity contribution in [2.75, 3.05) is 13.1 Å². The third-order valence-corrected chi connectivity index (χ3v) is 3.04. The van der Waals surface area contributed by atoms with Gasteiger partial charge in [-0.15, -0.1) is 0 Å². The Morgan fingerprint density at radius 3 is 2.86 bits per heavy atom. The van der Waals surface area contributed by atoms with E-state index in [2.05, 4.69) is 4.98 Å². The van der Waals surface area contributed by atoms with Gasteiger partial charge in [0.25, 0.3) is 5.91 Å². The smallest absolute Gasteiger partial charge is 0.406 e. The topological polar surface area (TPSA) is 85.6 Å². The summed E-state index contributed by atoms with van der Waals surface area (Å²) in [7, 11) is 0. The fraction of sp³-hybridized carbons (Fsp3) is 0.500. The third-order valence-electron chi connectivity index (χ3n) is 3.04. The highest BCUT2D eigenvalue weighted by molar-refractivity contribution is 5.82. The zero-order chi connectivity index (χ0) is 16.3. The third kappa shape index (κ3) is 3.83. The Morgan fingerprint density at radius 1 is 1.50 bits per heavy atom. The molecule has 1 unspecified atom stereocenters. The number of nitro groups is 1. The summed E-state index contributed by atoms with van der Waals surface area (Å²) in [5.74, 6) is -1.65. The number of rotatable bonds is 4. The molecule has 0 aromatic carbocycles. The van der Waals surface area contributed by atoms with Gasteiger partial charge in [0.1, 0.15) is 12.7 Å². The Kier molecular flexibility index (Phi) is 4.48. The van der Waals surface area contributed by atoms with Crippen LogP contribution >= 0.6 is 0 Å². The van der Waals surface area contributed by atoms with Gasteiger partial charge >= 0.3 is 12.0 Å². The molecule has 120 valence electrons. The van der Waals surface area contributed by atoms with Gasteiger partial charge in [0.2, 0.25) is 5.75 Å². The van der Waals surface area contributed by atoms with E-state index in [-0.39, 0.29) is 18.7 Å². The molecule has 0 spiro atoms. The van der Waals surface area contributed by atoms with Crippen LogP contribution in [0.5, 0.6) is 5.75 Å². The van der Waals surface area contributed by atoms with Crippen LogP contribution in [0, 0.1) is 10.1 Å². The first-order chi connectivity index (χ1) is 10.3. The Hall–Kier alpha value is -2.39. The number of carbonyl (C=O) groups is 1. The van der Waals surface area contributed by atoms with Crippen molar-refractivity contribution in [3.63, 3.8) is 0 Å². The molecule has 0 saturated carbocycles. The summed E-state index contributed by atoms with van der Waals surface area (Å²) in [5, 5.41) is 10.8. The van der Waals surface area contributed by atoms with E-state index < -0.39 is 35.5 Å². The van der Waals surface area contributed by atoms with Gasteiger partial charge in [-0.1, -0.05) is 0 Å². The van der Waals surface area contributed by atoms with Crippen LogP contribution in [0.3, 0.4) is 0 Å². The molecule has 1 fully saturated rings. The van der Waals surface area contributed by atoms with E-state index in [4.69, 9.17) is 4.74 Å². The first-order valence-electron chi connectivity index (χ1n) is 6.39. The van der Waals surface area contributed by atoms with Crippen molar-refractivity contribution in [2.24, 2.45) is 0 Å². The Morgan fingerprint density at radius 2 is 2.23 bits per heavy atom. The Bertz CT molecular complexity index is 579. The van der Waals surface area contributed by atoms with Crippen LogP contribution in [0.15, 0.2) is 18.3 Å². The van der Waals surface area contributed by atoms with Crippen LogP contribution in [-0.2, 0) is 4.79 Å². The van der Waals surface area contributed by atoms with E-state index in [0.717, 1.165) is 0 Å². The van der Waals surface area contributed by atoms with Crippen molar-refractivity contribution in [3.05, 3.63) is 28.4 Å². The zero-order valence-electron chi connectivity index (χ0n) is 11.2. The number of likely N-dealkylation sites (tertiary alicyclic amines) is 1. The molecule has 1 aliphatic rings. The quantitative estimate of drug-likeness (QED) is 0.625. The lowest BCUT2D eigenvalue weighted by Gasteiger charge is -2.32. The summed E-state index contributed by atoms with van der Waals surface area (Å²) < 4.78 is 42.5. The standard InChI is InChI=1S/C12H12F3N3O4/c13-12(14,15)7-17-6-2-4-9(11(17)19)22-8-3-1-5-16-10(8)18(20)21/h1,3,5,9H,2,4,6-7H2. The fourth-order valence-electron chi connectivity index (χ4n) is 2.15. The molecule has 10 heteroatoms. The van der Waals surface area contributed by atoms with Crippen molar-refractivity contribution >= 4 is 11.7 Å². The molecule has 0 N–H and O–H groups in total. The van der Waals surface area contributed by atoms with Gasteiger partial charge in [-0.3, -0.25) is 4.79 Å². The highest BCUT2D eigenvalue weighted by Crippen LogP contribution is 2.28. The second-order valence-electron chi connectivity index (χ2n) is 4.71. The maximum absolute atomic E-state index is 12.4. The fourth-order valence-corrected chi connectivity index (χ4v) is 2.15. The second kappa shape index (κ2) is 6.16. The number of hydrogen-bond acceptors (Lipinski definition) is 5. The van der Waals surface area contributed by atoms with Crippen LogP contribution in [-0.4, -0.2) is 46.1 Å². The predicted molar refractivity (Wildman–Crippen MR) is 67.2 cm³/mol. The van der Waals surface area contributed by atoms with Crippen molar-refractivity contribution in [2.45, 2.75) is 25.1 Å². The lowest BCUT2D eigenvalue weighted by Crippen LogP contribution is -2.50. The lowest BCUT2D eigenvalue weighted by atomic mass is 10.1. The van der Waals surface area contributed by atoms with Crippen molar-refractivity contribution in [1.29, 1.82) is 0 Å². The van der Waals surface area contributed by atoms with Crippen molar-refractivity contribution in [3.8, 4) is 5.75 Å². The SMILES string of the molecule is O=C1C(Oc2cccnc2[N+](=O)[O-])CCCN1CC(F)(F)F. The summed E-state index contributed by atoms with van der Waals surface area (Å²) in [6.45, 7) is -1.38. The number of halogens is 3. The average molecular weight is 319 g/mol. The highest BCUT2D eigenvalue weighted by atomic mass is 19.4. The molecule has 1 aromatic rings. The Balaban J connectivity index is 2.13. The molecule has 1 amide bonds.